The fourth-order valence-corrected chi connectivity index (χ4v) is 0.787. The van der Waals surface area contributed by atoms with Crippen LogP contribution in [0.4, 0.5) is 0 Å². The molecule has 1 aliphatic carbocycles. The van der Waals surface area contributed by atoms with Gasteiger partial charge in [0, 0.05) is 0 Å². The second-order valence-electron chi connectivity index (χ2n) is 2.12. The van der Waals surface area contributed by atoms with Crippen molar-refractivity contribution < 1.29 is 19.1 Å². The Kier molecular flexibility index (Phi) is 2.19. The summed E-state index contributed by atoms with van der Waals surface area (Å²) in [7, 11) is 1.15. The quantitative estimate of drug-likeness (QED) is 0.234. The van der Waals surface area contributed by atoms with Gasteiger partial charge < -0.3 is 4.74 Å². The Balaban J connectivity index is 2.98. The molecule has 62 valence electrons. The second-order valence-corrected chi connectivity index (χ2v) is 2.12. The average molecular weight is 166 g/mol. The number of Topliss-reactive ketones (excluding diaryl/α,β-unsaturated/α-hetero) is 1. The molecule has 4 nitrogen and oxygen atoms in total. The highest BCUT2D eigenvalue weighted by molar-refractivity contribution is 6.53. The van der Waals surface area contributed by atoms with Gasteiger partial charge in [-0.05, 0) is 12.2 Å². The van der Waals surface area contributed by atoms with Crippen molar-refractivity contribution in [3.05, 3.63) is 23.8 Å². The number of carbonyl (C=O) groups excluding carboxylic acids is 3. The summed E-state index contributed by atoms with van der Waals surface area (Å²) in [6.07, 6.45) is 3.71. The van der Waals surface area contributed by atoms with E-state index in [2.05, 4.69) is 4.74 Å². The number of hydrogen-bond donors (Lipinski definition) is 0. The van der Waals surface area contributed by atoms with Crippen LogP contribution in [0.5, 0.6) is 0 Å². The van der Waals surface area contributed by atoms with Crippen LogP contribution in [0.2, 0.25) is 0 Å². The third-order valence-corrected chi connectivity index (χ3v) is 1.38. The lowest BCUT2D eigenvalue weighted by molar-refractivity contribution is -0.140. The summed E-state index contributed by atoms with van der Waals surface area (Å²) in [6.45, 7) is 0. The molecule has 0 unspecified atom stereocenters. The number of hydrogen-bond acceptors (Lipinski definition) is 4. The first-order valence-electron chi connectivity index (χ1n) is 3.22. The molecule has 0 atom stereocenters. The van der Waals surface area contributed by atoms with Gasteiger partial charge in [-0.15, -0.1) is 0 Å². The van der Waals surface area contributed by atoms with Crippen molar-refractivity contribution in [3.8, 4) is 0 Å². The second kappa shape index (κ2) is 3.13. The molecule has 0 aliphatic heterocycles. The summed E-state index contributed by atoms with van der Waals surface area (Å²) in [6, 6.07) is 0. The summed E-state index contributed by atoms with van der Waals surface area (Å²) in [5.74, 6) is -2.29. The Labute approximate surface area is 68.5 Å². The standard InChI is InChI=1S/C8H6O4/c1-12-8(11)5-3-2-4-6(9)7(5)10/h2-4H,1H3. The third-order valence-electron chi connectivity index (χ3n) is 1.38. The van der Waals surface area contributed by atoms with E-state index in [1.807, 2.05) is 0 Å². The summed E-state index contributed by atoms with van der Waals surface area (Å²) in [4.78, 5) is 32.5. The molecule has 0 aromatic heterocycles. The number of rotatable bonds is 1. The number of ketones is 2. The van der Waals surface area contributed by atoms with Gasteiger partial charge in [-0.1, -0.05) is 6.08 Å². The summed E-state index contributed by atoms with van der Waals surface area (Å²) >= 11 is 0. The predicted octanol–water partition coefficient (Wildman–Crippen LogP) is -0.206. The molecule has 0 bridgehead atoms. The Bertz CT molecular complexity index is 309. The van der Waals surface area contributed by atoms with E-state index in [1.54, 1.807) is 0 Å². The lowest BCUT2D eigenvalue weighted by Gasteiger charge is -2.03. The van der Waals surface area contributed by atoms with E-state index < -0.39 is 17.5 Å². The van der Waals surface area contributed by atoms with Crippen LogP contribution in [0.1, 0.15) is 0 Å². The van der Waals surface area contributed by atoms with Crippen molar-refractivity contribution in [1.82, 2.24) is 0 Å². The minimum Gasteiger partial charge on any atom is -0.465 e. The lowest BCUT2D eigenvalue weighted by atomic mass is 10.0. The van der Waals surface area contributed by atoms with E-state index in [0.29, 0.717) is 0 Å². The van der Waals surface area contributed by atoms with Gasteiger partial charge in [0.2, 0.25) is 11.6 Å². The molecule has 0 fully saturated rings. The molecule has 1 rings (SSSR count). The summed E-state index contributed by atoms with van der Waals surface area (Å²) < 4.78 is 4.29. The van der Waals surface area contributed by atoms with Gasteiger partial charge >= 0.3 is 5.97 Å². The van der Waals surface area contributed by atoms with E-state index in [0.717, 1.165) is 13.2 Å². The van der Waals surface area contributed by atoms with Crippen molar-refractivity contribution in [1.29, 1.82) is 0 Å². The van der Waals surface area contributed by atoms with Gasteiger partial charge in [-0.25, -0.2) is 4.79 Å². The fourth-order valence-electron chi connectivity index (χ4n) is 0.787. The Morgan fingerprint density at radius 1 is 1.42 bits per heavy atom. The number of methoxy groups -OCH3 is 1. The average Bonchev–Trinajstić information content (AvgIpc) is 2.08. The Morgan fingerprint density at radius 2 is 2.08 bits per heavy atom. The molecule has 0 heterocycles. The van der Waals surface area contributed by atoms with Crippen molar-refractivity contribution in [3.63, 3.8) is 0 Å². The van der Waals surface area contributed by atoms with Crippen LogP contribution in [0.25, 0.3) is 0 Å². The van der Waals surface area contributed by atoms with Crippen LogP contribution < -0.4 is 0 Å². The Morgan fingerprint density at radius 3 is 2.67 bits per heavy atom. The van der Waals surface area contributed by atoms with Gasteiger partial charge in [0.05, 0.1) is 7.11 Å². The van der Waals surface area contributed by atoms with E-state index in [1.165, 1.54) is 12.2 Å². The number of ether oxygens (including phenoxy) is 1. The molecule has 1 aliphatic rings. The van der Waals surface area contributed by atoms with Gasteiger partial charge in [0.1, 0.15) is 5.57 Å². The first-order chi connectivity index (χ1) is 5.66. The normalized spacial score (nSPS) is 15.9. The first kappa shape index (κ1) is 8.39. The first-order valence-corrected chi connectivity index (χ1v) is 3.22. The monoisotopic (exact) mass is 166 g/mol. The fraction of sp³-hybridized carbons (Fsp3) is 0.125. The zero-order valence-electron chi connectivity index (χ0n) is 6.37. The van der Waals surface area contributed by atoms with E-state index in [9.17, 15) is 14.4 Å². The maximum atomic E-state index is 11.0. The minimum atomic E-state index is -0.815. The smallest absolute Gasteiger partial charge is 0.341 e. The molecule has 0 saturated heterocycles. The van der Waals surface area contributed by atoms with Gasteiger partial charge in [0.25, 0.3) is 0 Å². The zero-order valence-corrected chi connectivity index (χ0v) is 6.37. The highest BCUT2D eigenvalue weighted by Crippen LogP contribution is 2.06. The SMILES string of the molecule is COC(=O)C1=CC=CC(=O)C1=O. The Hall–Kier alpha value is -1.71. The van der Waals surface area contributed by atoms with Gasteiger partial charge in [-0.2, -0.15) is 0 Å². The van der Waals surface area contributed by atoms with E-state index >= 15 is 0 Å². The third kappa shape index (κ3) is 1.32. The molecule has 4 heteroatoms. The van der Waals surface area contributed by atoms with Crippen LogP contribution >= 0.6 is 0 Å². The van der Waals surface area contributed by atoms with Crippen molar-refractivity contribution in [2.45, 2.75) is 0 Å². The van der Waals surface area contributed by atoms with Crippen LogP contribution in [0.15, 0.2) is 23.8 Å². The number of esters is 1. The number of carbonyl (C=O) groups is 3. The number of allylic oxidation sites excluding steroid dienone is 3. The van der Waals surface area contributed by atoms with E-state index in [-0.39, 0.29) is 5.57 Å². The molecule has 0 aromatic rings. The van der Waals surface area contributed by atoms with Crippen molar-refractivity contribution in [2.75, 3.05) is 7.11 Å². The predicted molar refractivity (Wildman–Crippen MR) is 39.3 cm³/mol. The molecular weight excluding hydrogens is 160 g/mol. The molecule has 12 heavy (non-hydrogen) atoms. The van der Waals surface area contributed by atoms with Gasteiger partial charge in [0.15, 0.2) is 0 Å². The topological polar surface area (TPSA) is 60.4 Å². The molecule has 0 saturated carbocycles. The van der Waals surface area contributed by atoms with Crippen molar-refractivity contribution in [2.24, 2.45) is 0 Å². The van der Waals surface area contributed by atoms with Crippen molar-refractivity contribution >= 4 is 17.5 Å². The highest BCUT2D eigenvalue weighted by atomic mass is 16.5. The molecule has 0 radical (unpaired) electrons. The molecule has 0 N–H and O–H groups in total. The zero-order chi connectivity index (χ0) is 9.14. The summed E-state index contributed by atoms with van der Waals surface area (Å²) in [5.41, 5.74) is -0.218. The van der Waals surface area contributed by atoms with Crippen LogP contribution in [-0.4, -0.2) is 24.6 Å². The molecule has 0 spiro atoms. The molecule has 0 amide bonds. The van der Waals surface area contributed by atoms with Crippen LogP contribution in [-0.2, 0) is 19.1 Å². The lowest BCUT2D eigenvalue weighted by Crippen LogP contribution is -2.22. The highest BCUT2D eigenvalue weighted by Gasteiger charge is 2.25. The largest absolute Gasteiger partial charge is 0.465 e. The minimum absolute atomic E-state index is 0.218. The maximum Gasteiger partial charge on any atom is 0.341 e. The van der Waals surface area contributed by atoms with E-state index in [4.69, 9.17) is 0 Å². The van der Waals surface area contributed by atoms with Gasteiger partial charge in [-0.3, -0.25) is 9.59 Å². The molecular formula is C8H6O4. The maximum absolute atomic E-state index is 11.0. The molecule has 0 aromatic carbocycles. The summed E-state index contributed by atoms with van der Waals surface area (Å²) in [5, 5.41) is 0. The van der Waals surface area contributed by atoms with Crippen LogP contribution in [0, 0.1) is 0 Å². The van der Waals surface area contributed by atoms with Crippen LogP contribution in [0.3, 0.4) is 0 Å².